The number of nitrogens with one attached hydrogen (secondary N) is 2. The lowest BCUT2D eigenvalue weighted by Gasteiger charge is -2.38. The SMILES string of the molecule is C/C=C(/CN1CCOCC1)C(=O)NCc1cccc([C@@H]2c3cnn(-c4ccccc4)c3N(CC)C(=O)[C@H]2NC(=O)c2ccn(C3CC3)n2)c1. The highest BCUT2D eigenvalue weighted by molar-refractivity contribution is 6.04. The van der Waals surface area contributed by atoms with Gasteiger partial charge in [0.2, 0.25) is 5.91 Å². The number of carbonyl (C=O) groups is 3. The Hall–Kier alpha value is -5.07. The van der Waals surface area contributed by atoms with Gasteiger partial charge in [0, 0.05) is 56.0 Å². The van der Waals surface area contributed by atoms with E-state index in [1.807, 2.05) is 85.4 Å². The lowest BCUT2D eigenvalue weighted by atomic mass is 9.82. The lowest BCUT2D eigenvalue weighted by Crippen LogP contribution is -2.55. The van der Waals surface area contributed by atoms with Crippen LogP contribution in [-0.4, -0.2) is 87.6 Å². The molecule has 0 radical (unpaired) electrons. The van der Waals surface area contributed by atoms with Crippen molar-refractivity contribution < 1.29 is 19.1 Å². The number of hydrogen-bond acceptors (Lipinski definition) is 7. The maximum absolute atomic E-state index is 14.4. The molecular weight excluding hydrogens is 620 g/mol. The molecule has 2 fully saturated rings. The molecule has 2 N–H and O–H groups in total. The first-order valence-electron chi connectivity index (χ1n) is 17.1. The van der Waals surface area contributed by atoms with Crippen LogP contribution in [0.25, 0.3) is 5.69 Å². The monoisotopic (exact) mass is 662 g/mol. The Morgan fingerprint density at radius 2 is 1.84 bits per heavy atom. The number of nitrogens with zero attached hydrogens (tertiary/aromatic N) is 6. The van der Waals surface area contributed by atoms with Crippen LogP contribution in [0.1, 0.15) is 65.8 Å². The van der Waals surface area contributed by atoms with Gasteiger partial charge in [0.15, 0.2) is 0 Å². The summed E-state index contributed by atoms with van der Waals surface area (Å²) < 4.78 is 9.07. The molecule has 2 aromatic heterocycles. The van der Waals surface area contributed by atoms with Crippen molar-refractivity contribution in [2.75, 3.05) is 44.3 Å². The predicted octanol–water partition coefficient (Wildman–Crippen LogP) is 3.60. The van der Waals surface area contributed by atoms with E-state index in [0.29, 0.717) is 50.3 Å². The Balaban J connectivity index is 1.19. The maximum atomic E-state index is 14.4. The molecule has 4 heterocycles. The van der Waals surface area contributed by atoms with Gasteiger partial charge in [-0.05, 0) is 56.0 Å². The van der Waals surface area contributed by atoms with Crippen LogP contribution < -0.4 is 15.5 Å². The summed E-state index contributed by atoms with van der Waals surface area (Å²) in [5.41, 5.74) is 4.35. The van der Waals surface area contributed by atoms with E-state index < -0.39 is 17.9 Å². The molecule has 254 valence electrons. The topological polar surface area (TPSA) is 127 Å². The maximum Gasteiger partial charge on any atom is 0.272 e. The molecule has 12 nitrogen and oxygen atoms in total. The first-order valence-corrected chi connectivity index (χ1v) is 17.1. The van der Waals surface area contributed by atoms with Crippen LogP contribution in [0.5, 0.6) is 0 Å². The summed E-state index contributed by atoms with van der Waals surface area (Å²) in [7, 11) is 0. The summed E-state index contributed by atoms with van der Waals surface area (Å²) in [6.45, 7) is 8.00. The number of hydrogen-bond donors (Lipinski definition) is 2. The van der Waals surface area contributed by atoms with Gasteiger partial charge >= 0.3 is 0 Å². The van der Waals surface area contributed by atoms with Gasteiger partial charge in [-0.25, -0.2) is 4.68 Å². The molecule has 3 amide bonds. The van der Waals surface area contributed by atoms with Crippen molar-refractivity contribution in [3.05, 3.63) is 107 Å². The minimum Gasteiger partial charge on any atom is -0.379 e. The summed E-state index contributed by atoms with van der Waals surface area (Å²) in [6.07, 6.45) is 7.58. The number of likely N-dealkylation sites (N-methyl/N-ethyl adjacent to an activating group) is 1. The van der Waals surface area contributed by atoms with E-state index in [-0.39, 0.29) is 17.5 Å². The third-order valence-corrected chi connectivity index (χ3v) is 9.49. The highest BCUT2D eigenvalue weighted by Gasteiger charge is 2.44. The van der Waals surface area contributed by atoms with Crippen LogP contribution in [0.15, 0.2) is 84.7 Å². The number of benzene rings is 2. The molecule has 2 aliphatic heterocycles. The highest BCUT2D eigenvalue weighted by atomic mass is 16.5. The number of ether oxygens (including phenoxy) is 1. The second-order valence-corrected chi connectivity index (χ2v) is 12.7. The predicted molar refractivity (Wildman–Crippen MR) is 184 cm³/mol. The van der Waals surface area contributed by atoms with Gasteiger partial charge in [-0.15, -0.1) is 0 Å². The zero-order valence-corrected chi connectivity index (χ0v) is 27.9. The normalized spacial score (nSPS) is 19.8. The molecule has 1 saturated carbocycles. The van der Waals surface area contributed by atoms with Crippen LogP contribution in [0, 0.1) is 0 Å². The second-order valence-electron chi connectivity index (χ2n) is 12.7. The standard InChI is InChI=1S/C37H42N8O4/c1-3-26(24-42-17-19-49-20-18-42)34(46)38-22-25-9-8-10-27(21-25)32-30-23-39-45(29-11-6-5-7-12-29)36(30)43(4-2)37(48)33(32)40-35(47)31-15-16-44(41-31)28-13-14-28/h3,5-12,15-16,21,23,28,32-33H,4,13-14,17-20,22,24H2,1-2H3,(H,38,46)(H,40,47)/b26-3-/t32-,33+/m1/s1. The number of aromatic nitrogens is 4. The Labute approximate surface area is 285 Å². The Morgan fingerprint density at radius 3 is 2.57 bits per heavy atom. The van der Waals surface area contributed by atoms with E-state index in [2.05, 4.69) is 20.6 Å². The summed E-state index contributed by atoms with van der Waals surface area (Å²) in [5.74, 6) is -0.618. The molecule has 2 aromatic carbocycles. The van der Waals surface area contributed by atoms with Crippen molar-refractivity contribution in [1.29, 1.82) is 0 Å². The number of fused-ring (bicyclic) bond motifs is 1. The molecule has 49 heavy (non-hydrogen) atoms. The van der Waals surface area contributed by atoms with Crippen LogP contribution in [0.3, 0.4) is 0 Å². The van der Waals surface area contributed by atoms with Crippen LogP contribution in [0.2, 0.25) is 0 Å². The van der Waals surface area contributed by atoms with Crippen molar-refractivity contribution in [2.45, 2.75) is 51.2 Å². The van der Waals surface area contributed by atoms with Crippen LogP contribution in [-0.2, 0) is 20.9 Å². The minimum atomic E-state index is -0.910. The van der Waals surface area contributed by atoms with E-state index in [1.165, 1.54) is 0 Å². The number of carbonyl (C=O) groups excluding carboxylic acids is 3. The smallest absolute Gasteiger partial charge is 0.272 e. The molecule has 0 unspecified atom stereocenters. The first-order chi connectivity index (χ1) is 23.9. The average Bonchev–Trinajstić information content (AvgIpc) is 3.70. The molecule has 1 saturated heterocycles. The molecule has 0 bridgehead atoms. The Morgan fingerprint density at radius 1 is 1.04 bits per heavy atom. The van der Waals surface area contributed by atoms with Crippen LogP contribution in [0.4, 0.5) is 5.82 Å². The molecular formula is C37H42N8O4. The number of anilines is 1. The summed E-state index contributed by atoms with van der Waals surface area (Å²) in [5, 5.41) is 15.4. The molecule has 0 spiro atoms. The average molecular weight is 663 g/mol. The fourth-order valence-electron chi connectivity index (χ4n) is 6.72. The molecule has 12 heteroatoms. The zero-order valence-electron chi connectivity index (χ0n) is 27.9. The summed E-state index contributed by atoms with van der Waals surface area (Å²) >= 11 is 0. The van der Waals surface area contributed by atoms with Gasteiger partial charge in [0.25, 0.3) is 11.8 Å². The second kappa shape index (κ2) is 14.2. The third kappa shape index (κ3) is 6.79. The van der Waals surface area contributed by atoms with Gasteiger partial charge in [-0.2, -0.15) is 10.2 Å². The van der Waals surface area contributed by atoms with Crippen molar-refractivity contribution in [1.82, 2.24) is 35.1 Å². The fourth-order valence-corrected chi connectivity index (χ4v) is 6.72. The van der Waals surface area contributed by atoms with E-state index in [4.69, 9.17) is 9.84 Å². The van der Waals surface area contributed by atoms with Gasteiger partial charge < -0.3 is 15.4 Å². The van der Waals surface area contributed by atoms with Gasteiger partial charge in [0.1, 0.15) is 17.6 Å². The van der Waals surface area contributed by atoms with Crippen LogP contribution >= 0.6 is 0 Å². The largest absolute Gasteiger partial charge is 0.379 e. The fraction of sp³-hybridized carbons (Fsp3) is 0.378. The summed E-state index contributed by atoms with van der Waals surface area (Å²) in [4.78, 5) is 45.2. The van der Waals surface area contributed by atoms with Gasteiger partial charge in [-0.3, -0.25) is 28.9 Å². The third-order valence-electron chi connectivity index (χ3n) is 9.49. The zero-order chi connectivity index (χ0) is 33.9. The van der Waals surface area contributed by atoms with Crippen molar-refractivity contribution >= 4 is 23.5 Å². The van der Waals surface area contributed by atoms with E-state index in [0.717, 1.165) is 48.3 Å². The van der Waals surface area contributed by atoms with Crippen molar-refractivity contribution in [3.63, 3.8) is 0 Å². The summed E-state index contributed by atoms with van der Waals surface area (Å²) in [6, 6.07) is 18.7. The van der Waals surface area contributed by atoms with E-state index in [9.17, 15) is 14.4 Å². The van der Waals surface area contributed by atoms with E-state index >= 15 is 0 Å². The lowest BCUT2D eigenvalue weighted by molar-refractivity contribution is -0.121. The number of rotatable bonds is 11. The van der Waals surface area contributed by atoms with E-state index in [1.54, 1.807) is 21.8 Å². The molecule has 7 rings (SSSR count). The molecule has 1 aliphatic carbocycles. The number of allylic oxidation sites excluding steroid dienone is 1. The number of morpholine rings is 1. The number of amides is 3. The Bertz CT molecular complexity index is 1850. The van der Waals surface area contributed by atoms with Crippen molar-refractivity contribution in [3.8, 4) is 5.69 Å². The minimum absolute atomic E-state index is 0.118. The van der Waals surface area contributed by atoms with Gasteiger partial charge in [0.05, 0.1) is 31.1 Å². The quantitative estimate of drug-likeness (QED) is 0.235. The highest BCUT2D eigenvalue weighted by Crippen LogP contribution is 2.41. The first kappa shape index (κ1) is 32.5. The molecule has 4 aromatic rings. The number of para-hydroxylation sites is 1. The van der Waals surface area contributed by atoms with Crippen molar-refractivity contribution in [2.24, 2.45) is 0 Å². The molecule has 2 atom stereocenters. The Kier molecular flexibility index (Phi) is 9.41. The molecule has 3 aliphatic rings. The van der Waals surface area contributed by atoms with Gasteiger partial charge in [-0.1, -0.05) is 48.5 Å².